The summed E-state index contributed by atoms with van der Waals surface area (Å²) in [5.74, 6) is 1.61. The van der Waals surface area contributed by atoms with Crippen LogP contribution in [0.4, 0.5) is 0 Å². The van der Waals surface area contributed by atoms with Crippen LogP contribution in [-0.4, -0.2) is 38.0 Å². The summed E-state index contributed by atoms with van der Waals surface area (Å²) in [7, 11) is 3.27. The third-order valence-corrected chi connectivity index (χ3v) is 5.86. The van der Waals surface area contributed by atoms with Crippen LogP contribution in [0.1, 0.15) is 43.7 Å². The highest BCUT2D eigenvalue weighted by Gasteiger charge is 2.51. The van der Waals surface area contributed by atoms with Crippen molar-refractivity contribution in [3.8, 4) is 17.6 Å². The van der Waals surface area contributed by atoms with Gasteiger partial charge in [0.15, 0.2) is 18.0 Å². The molecule has 1 saturated carbocycles. The minimum Gasteiger partial charge on any atom is -0.493 e. The smallest absolute Gasteiger partial charge is 0.165 e. The van der Waals surface area contributed by atoms with Crippen LogP contribution in [0.25, 0.3) is 0 Å². The normalized spacial score (nSPS) is 32.5. The monoisotopic (exact) mass is 331 g/mol. The van der Waals surface area contributed by atoms with Gasteiger partial charge in [-0.25, -0.2) is 0 Å². The quantitative estimate of drug-likeness (QED) is 0.820. The Morgan fingerprint density at radius 3 is 2.75 bits per heavy atom. The highest BCUT2D eigenvalue weighted by atomic mass is 16.5. The molecule has 1 aliphatic carbocycles. The third-order valence-electron chi connectivity index (χ3n) is 5.86. The molecule has 0 bridgehead atoms. The number of benzene rings is 1. The molecule has 0 spiro atoms. The molecule has 4 atom stereocenters. The third kappa shape index (κ3) is 2.97. The van der Waals surface area contributed by atoms with Crippen LogP contribution in [0.2, 0.25) is 0 Å². The Morgan fingerprint density at radius 1 is 1.25 bits per heavy atom. The lowest BCUT2D eigenvalue weighted by Crippen LogP contribution is -3.15. The Hall–Kier alpha value is -1.77. The van der Waals surface area contributed by atoms with Gasteiger partial charge in [0, 0.05) is 17.9 Å². The average Bonchev–Trinajstić information content (AvgIpc) is 2.61. The van der Waals surface area contributed by atoms with E-state index in [4.69, 9.17) is 9.47 Å². The first-order valence-electron chi connectivity index (χ1n) is 8.79. The summed E-state index contributed by atoms with van der Waals surface area (Å²) in [4.78, 5) is 1.25. The first-order chi connectivity index (χ1) is 11.6. The van der Waals surface area contributed by atoms with Crippen LogP contribution >= 0.6 is 0 Å². The second-order valence-electron chi connectivity index (χ2n) is 7.04. The van der Waals surface area contributed by atoms with E-state index >= 15 is 0 Å². The van der Waals surface area contributed by atoms with Gasteiger partial charge in [0.2, 0.25) is 0 Å². The molecule has 1 heterocycles. The number of rotatable bonds is 4. The van der Waals surface area contributed by atoms with Crippen molar-refractivity contribution in [1.82, 2.24) is 0 Å². The predicted molar refractivity (Wildman–Crippen MR) is 90.1 cm³/mol. The molecule has 1 aromatic rings. The number of quaternary nitrogens is 1. The molecule has 0 radical (unpaired) electrons. The Bertz CT molecular complexity index is 628. The minimum atomic E-state index is -0.588. The van der Waals surface area contributed by atoms with Gasteiger partial charge < -0.3 is 19.5 Å². The second kappa shape index (κ2) is 7.00. The van der Waals surface area contributed by atoms with Gasteiger partial charge in [-0.3, -0.25) is 0 Å². The molecule has 1 saturated heterocycles. The molecule has 0 aromatic heterocycles. The fourth-order valence-corrected chi connectivity index (χ4v) is 4.67. The predicted octanol–water partition coefficient (Wildman–Crippen LogP) is 1.48. The van der Waals surface area contributed by atoms with E-state index in [2.05, 4.69) is 12.1 Å². The molecular formula is C19H27N2O3+. The van der Waals surface area contributed by atoms with E-state index in [0.29, 0.717) is 18.0 Å². The second-order valence-corrected chi connectivity index (χ2v) is 7.04. The summed E-state index contributed by atoms with van der Waals surface area (Å²) in [6.45, 7) is 1.30. The summed E-state index contributed by atoms with van der Waals surface area (Å²) in [5, 5.41) is 20.4. The van der Waals surface area contributed by atoms with Crippen LogP contribution in [0.15, 0.2) is 18.2 Å². The largest absolute Gasteiger partial charge is 0.493 e. The van der Waals surface area contributed by atoms with Crippen molar-refractivity contribution in [2.24, 2.45) is 5.92 Å². The number of nitrogens with one attached hydrogen (secondary N) is 1. The van der Waals surface area contributed by atoms with Gasteiger partial charge in [-0.05, 0) is 31.0 Å². The van der Waals surface area contributed by atoms with E-state index in [9.17, 15) is 10.4 Å². The highest BCUT2D eigenvalue weighted by Crippen LogP contribution is 2.45. The zero-order valence-corrected chi connectivity index (χ0v) is 14.5. The van der Waals surface area contributed by atoms with Gasteiger partial charge in [0.05, 0.1) is 26.4 Å². The van der Waals surface area contributed by atoms with Crippen molar-refractivity contribution < 1.29 is 19.5 Å². The van der Waals surface area contributed by atoms with Crippen LogP contribution < -0.4 is 14.4 Å². The lowest BCUT2D eigenvalue weighted by atomic mass is 9.66. The van der Waals surface area contributed by atoms with E-state index < -0.39 is 5.60 Å². The molecule has 2 N–H and O–H groups in total. The number of nitriles is 1. The molecule has 24 heavy (non-hydrogen) atoms. The number of aliphatic hydroxyl groups is 1. The number of hydrogen-bond donors (Lipinski definition) is 2. The summed E-state index contributed by atoms with van der Waals surface area (Å²) in [6.07, 6.45) is 4.93. The first kappa shape index (κ1) is 17.1. The number of ether oxygens (including phenoxy) is 2. The zero-order valence-electron chi connectivity index (χ0n) is 14.5. The summed E-state index contributed by atoms with van der Waals surface area (Å²) in [6, 6.07) is 8.45. The number of nitrogens with zero attached hydrogens (tertiary/aromatic N) is 1. The maximum absolute atomic E-state index is 11.2. The van der Waals surface area contributed by atoms with Gasteiger partial charge in [0.25, 0.3) is 0 Å². The minimum absolute atomic E-state index is 0.128. The van der Waals surface area contributed by atoms with Crippen molar-refractivity contribution in [1.29, 1.82) is 5.26 Å². The molecule has 3 rings (SSSR count). The molecule has 1 aliphatic heterocycles. The lowest BCUT2D eigenvalue weighted by molar-refractivity contribution is -0.938. The average molecular weight is 331 g/mol. The Balaban J connectivity index is 2.00. The van der Waals surface area contributed by atoms with Crippen LogP contribution in [0.5, 0.6) is 11.5 Å². The number of methoxy groups -OCH3 is 2. The fourth-order valence-electron chi connectivity index (χ4n) is 4.67. The molecule has 2 aliphatic rings. The first-order valence-corrected chi connectivity index (χ1v) is 8.79. The van der Waals surface area contributed by atoms with Crippen molar-refractivity contribution in [2.45, 2.75) is 43.7 Å². The summed E-state index contributed by atoms with van der Waals surface area (Å²) in [5.41, 5.74) is 0.539. The molecule has 130 valence electrons. The van der Waals surface area contributed by atoms with Crippen LogP contribution in [-0.2, 0) is 0 Å². The van der Waals surface area contributed by atoms with Crippen LogP contribution in [0.3, 0.4) is 0 Å². The van der Waals surface area contributed by atoms with E-state index in [1.165, 1.54) is 4.90 Å². The van der Waals surface area contributed by atoms with E-state index in [-0.39, 0.29) is 12.0 Å². The highest BCUT2D eigenvalue weighted by molar-refractivity contribution is 5.43. The number of piperidine rings is 1. The number of fused-ring (bicyclic) bond motifs is 1. The van der Waals surface area contributed by atoms with Gasteiger partial charge in [-0.1, -0.05) is 12.8 Å². The van der Waals surface area contributed by atoms with E-state index in [1.54, 1.807) is 14.2 Å². The van der Waals surface area contributed by atoms with E-state index in [0.717, 1.165) is 44.2 Å². The van der Waals surface area contributed by atoms with E-state index in [1.807, 2.05) is 12.1 Å². The SMILES string of the molecule is COc1ccc([C@H]2[C@@H]3CCCC[C@]3(O)CC[NH+]2CC#N)cc1OC. The molecule has 2 fully saturated rings. The van der Waals surface area contributed by atoms with Gasteiger partial charge >= 0.3 is 0 Å². The molecular weight excluding hydrogens is 304 g/mol. The van der Waals surface area contributed by atoms with Gasteiger partial charge in [-0.2, -0.15) is 5.26 Å². The van der Waals surface area contributed by atoms with Crippen molar-refractivity contribution in [3.63, 3.8) is 0 Å². The summed E-state index contributed by atoms with van der Waals surface area (Å²) >= 11 is 0. The van der Waals surface area contributed by atoms with Crippen LogP contribution in [0, 0.1) is 17.2 Å². The number of likely N-dealkylation sites (tertiary alicyclic amines) is 1. The van der Waals surface area contributed by atoms with Gasteiger partial charge in [-0.15, -0.1) is 0 Å². The zero-order chi connectivity index (χ0) is 17.2. The van der Waals surface area contributed by atoms with Gasteiger partial charge in [0.1, 0.15) is 12.1 Å². The standard InChI is InChI=1S/C19H26N2O3/c1-23-16-7-6-14(13-17(16)24-2)18-15-5-3-4-8-19(15,22)9-11-21(18)12-10-20/h6-7,13,15,18,22H,3-5,8-9,11-12H2,1-2H3/p+1/t15-,18-,19-/m0/s1. The maximum Gasteiger partial charge on any atom is 0.165 e. The summed E-state index contributed by atoms with van der Waals surface area (Å²) < 4.78 is 10.8. The number of hydrogen-bond acceptors (Lipinski definition) is 4. The molecule has 0 amide bonds. The fraction of sp³-hybridized carbons (Fsp3) is 0.632. The Labute approximate surface area is 143 Å². The topological polar surface area (TPSA) is 66.9 Å². The molecule has 1 unspecified atom stereocenters. The molecule has 5 heteroatoms. The molecule has 1 aromatic carbocycles. The molecule has 5 nitrogen and oxygen atoms in total. The van der Waals surface area contributed by atoms with Crippen molar-refractivity contribution >= 4 is 0 Å². The maximum atomic E-state index is 11.2. The Kier molecular flexibility index (Phi) is 4.98. The van der Waals surface area contributed by atoms with Crippen molar-refractivity contribution in [3.05, 3.63) is 23.8 Å². The van der Waals surface area contributed by atoms with Crippen molar-refractivity contribution in [2.75, 3.05) is 27.3 Å². The lowest BCUT2D eigenvalue weighted by Gasteiger charge is -2.49. The Morgan fingerprint density at radius 2 is 2.04 bits per heavy atom.